The molecule has 0 saturated carbocycles. The number of aryl methyl sites for hydroxylation is 1. The quantitative estimate of drug-likeness (QED) is 0.450. The van der Waals surface area contributed by atoms with Crippen molar-refractivity contribution >= 4 is 41.9 Å². The molecule has 0 heterocycles. The summed E-state index contributed by atoms with van der Waals surface area (Å²) in [6.07, 6.45) is -0.192. The Kier molecular flexibility index (Phi) is 10.2. The fourth-order valence-corrected chi connectivity index (χ4v) is 2.38. The molecule has 1 amide bonds. The molecule has 0 aliphatic carbocycles. The Morgan fingerprint density at radius 2 is 1.92 bits per heavy atom. The first kappa shape index (κ1) is 24.2. The van der Waals surface area contributed by atoms with Crippen molar-refractivity contribution in [1.82, 2.24) is 5.32 Å². The van der Waals surface area contributed by atoms with Crippen LogP contribution in [0.25, 0.3) is 0 Å². The van der Waals surface area contributed by atoms with E-state index in [1.54, 1.807) is 25.1 Å². The van der Waals surface area contributed by atoms with E-state index in [0.717, 1.165) is 0 Å². The normalized spacial score (nSPS) is 12.7. The molecular formula is C17H24Cl2N2O5. The van der Waals surface area contributed by atoms with E-state index in [0.29, 0.717) is 22.8 Å². The van der Waals surface area contributed by atoms with E-state index < -0.39 is 36.4 Å². The second-order valence-electron chi connectivity index (χ2n) is 6.23. The van der Waals surface area contributed by atoms with Gasteiger partial charge in [0, 0.05) is 5.02 Å². The van der Waals surface area contributed by atoms with Gasteiger partial charge in [-0.15, -0.1) is 12.4 Å². The fourth-order valence-electron chi connectivity index (χ4n) is 2.15. The predicted molar refractivity (Wildman–Crippen MR) is 101 cm³/mol. The average molecular weight is 407 g/mol. The molecule has 0 unspecified atom stereocenters. The van der Waals surface area contributed by atoms with Crippen molar-refractivity contribution in [2.45, 2.75) is 45.7 Å². The van der Waals surface area contributed by atoms with E-state index in [9.17, 15) is 14.4 Å². The fraction of sp³-hybridized carbons (Fsp3) is 0.471. The molecule has 146 valence electrons. The highest BCUT2D eigenvalue weighted by molar-refractivity contribution is 6.30. The molecule has 26 heavy (non-hydrogen) atoms. The first-order valence-electron chi connectivity index (χ1n) is 7.85. The van der Waals surface area contributed by atoms with Crippen LogP contribution >= 0.6 is 24.0 Å². The van der Waals surface area contributed by atoms with Crippen molar-refractivity contribution in [1.29, 1.82) is 0 Å². The van der Waals surface area contributed by atoms with Crippen molar-refractivity contribution in [2.24, 2.45) is 11.7 Å². The van der Waals surface area contributed by atoms with Crippen LogP contribution in [0.4, 0.5) is 0 Å². The van der Waals surface area contributed by atoms with Gasteiger partial charge in [0.2, 0.25) is 5.91 Å². The summed E-state index contributed by atoms with van der Waals surface area (Å²) in [5, 5.41) is 11.7. The van der Waals surface area contributed by atoms with E-state index in [4.69, 9.17) is 27.2 Å². The Morgan fingerprint density at radius 3 is 2.42 bits per heavy atom. The molecule has 0 aliphatic heterocycles. The molecule has 1 rings (SSSR count). The lowest BCUT2D eigenvalue weighted by Gasteiger charge is -2.21. The van der Waals surface area contributed by atoms with Crippen molar-refractivity contribution in [3.8, 4) is 5.75 Å². The number of carboxylic acid groups (broad SMARTS) is 1. The van der Waals surface area contributed by atoms with Gasteiger partial charge in [-0.05, 0) is 43.0 Å². The third-order valence-corrected chi connectivity index (χ3v) is 3.62. The highest BCUT2D eigenvalue weighted by Crippen LogP contribution is 2.22. The number of carbonyl (C=O) groups excluding carboxylic acids is 2. The maximum absolute atomic E-state index is 12.4. The first-order valence-corrected chi connectivity index (χ1v) is 8.23. The zero-order valence-corrected chi connectivity index (χ0v) is 16.4. The number of carboxylic acids is 1. The number of amides is 1. The standard InChI is InChI=1S/C17H23ClN2O5.ClH/c1-9(2)6-13(20-16(23)12(19)8-15(21)22)17(24)25-14-5-4-11(18)7-10(14)3;/h4-5,7,9,12-13H,6,8,19H2,1-3H3,(H,20,23)(H,21,22);1H/t12-,13-;/m0./s1. The van der Waals surface area contributed by atoms with Crippen molar-refractivity contribution in [3.63, 3.8) is 0 Å². The molecule has 0 aliphatic rings. The number of nitrogens with one attached hydrogen (secondary N) is 1. The summed E-state index contributed by atoms with van der Waals surface area (Å²) in [7, 11) is 0. The SMILES string of the molecule is Cc1cc(Cl)ccc1OC(=O)[C@H](CC(C)C)NC(=O)[C@@H](N)CC(=O)O.Cl. The molecule has 0 spiro atoms. The van der Waals surface area contributed by atoms with E-state index in [2.05, 4.69) is 5.32 Å². The summed E-state index contributed by atoms with van der Waals surface area (Å²) in [6, 6.07) is 2.65. The maximum atomic E-state index is 12.4. The van der Waals surface area contributed by atoms with Crippen LogP contribution in [0.1, 0.15) is 32.3 Å². The summed E-state index contributed by atoms with van der Waals surface area (Å²) >= 11 is 5.87. The molecule has 0 saturated heterocycles. The Bertz CT molecular complexity index is 652. The van der Waals surface area contributed by atoms with Gasteiger partial charge in [0.1, 0.15) is 11.8 Å². The van der Waals surface area contributed by atoms with Gasteiger partial charge < -0.3 is 20.9 Å². The number of hydrogen-bond donors (Lipinski definition) is 3. The van der Waals surface area contributed by atoms with Gasteiger partial charge in [0.25, 0.3) is 0 Å². The minimum Gasteiger partial charge on any atom is -0.481 e. The van der Waals surface area contributed by atoms with Crippen molar-refractivity contribution in [2.75, 3.05) is 0 Å². The predicted octanol–water partition coefficient (Wildman–Crippen LogP) is 2.31. The van der Waals surface area contributed by atoms with E-state index in [1.165, 1.54) is 0 Å². The number of benzene rings is 1. The number of esters is 1. The smallest absolute Gasteiger partial charge is 0.334 e. The van der Waals surface area contributed by atoms with E-state index >= 15 is 0 Å². The van der Waals surface area contributed by atoms with Gasteiger partial charge in [-0.1, -0.05) is 25.4 Å². The Balaban J connectivity index is 0.00000625. The number of carbonyl (C=O) groups is 3. The molecule has 0 fully saturated rings. The Labute approximate surface area is 163 Å². The van der Waals surface area contributed by atoms with Crippen LogP contribution in [0.3, 0.4) is 0 Å². The topological polar surface area (TPSA) is 119 Å². The van der Waals surface area contributed by atoms with Gasteiger partial charge >= 0.3 is 11.9 Å². The van der Waals surface area contributed by atoms with Crippen LogP contribution < -0.4 is 15.8 Å². The lowest BCUT2D eigenvalue weighted by atomic mass is 10.0. The number of ether oxygens (including phenoxy) is 1. The van der Waals surface area contributed by atoms with Gasteiger partial charge in [0.05, 0.1) is 12.5 Å². The third kappa shape index (κ3) is 8.03. The lowest BCUT2D eigenvalue weighted by molar-refractivity contribution is -0.141. The number of hydrogen-bond acceptors (Lipinski definition) is 5. The number of rotatable bonds is 8. The van der Waals surface area contributed by atoms with Gasteiger partial charge in [0.15, 0.2) is 0 Å². The Morgan fingerprint density at radius 1 is 1.31 bits per heavy atom. The minimum absolute atomic E-state index is 0. The van der Waals surface area contributed by atoms with Gasteiger partial charge in [-0.25, -0.2) is 4.79 Å². The summed E-state index contributed by atoms with van der Waals surface area (Å²) < 4.78 is 5.36. The van der Waals surface area contributed by atoms with Crippen LogP contribution in [0.2, 0.25) is 5.02 Å². The molecule has 0 aromatic heterocycles. The summed E-state index contributed by atoms with van der Waals surface area (Å²) in [5.74, 6) is -2.11. The molecule has 7 nitrogen and oxygen atoms in total. The number of nitrogens with two attached hydrogens (primary N) is 1. The largest absolute Gasteiger partial charge is 0.481 e. The first-order chi connectivity index (χ1) is 11.6. The van der Waals surface area contributed by atoms with Crippen LogP contribution in [0.15, 0.2) is 18.2 Å². The number of halogens is 2. The van der Waals surface area contributed by atoms with Crippen LogP contribution in [0.5, 0.6) is 5.75 Å². The van der Waals surface area contributed by atoms with Crippen LogP contribution in [-0.4, -0.2) is 35.0 Å². The second-order valence-corrected chi connectivity index (χ2v) is 6.66. The monoisotopic (exact) mass is 406 g/mol. The zero-order valence-electron chi connectivity index (χ0n) is 14.8. The molecule has 9 heteroatoms. The summed E-state index contributed by atoms with van der Waals surface area (Å²) in [6.45, 7) is 5.52. The van der Waals surface area contributed by atoms with Crippen LogP contribution in [-0.2, 0) is 14.4 Å². The Hall–Kier alpha value is -1.83. The van der Waals surface area contributed by atoms with Gasteiger partial charge in [-0.3, -0.25) is 9.59 Å². The second kappa shape index (κ2) is 11.0. The molecule has 4 N–H and O–H groups in total. The van der Waals surface area contributed by atoms with E-state index in [1.807, 2.05) is 13.8 Å². The van der Waals surface area contributed by atoms with E-state index in [-0.39, 0.29) is 18.3 Å². The van der Waals surface area contributed by atoms with Crippen molar-refractivity contribution in [3.05, 3.63) is 28.8 Å². The molecule has 2 atom stereocenters. The summed E-state index contributed by atoms with van der Waals surface area (Å²) in [5.41, 5.74) is 6.21. The molecule has 1 aromatic rings. The highest BCUT2D eigenvalue weighted by atomic mass is 35.5. The van der Waals surface area contributed by atoms with Crippen LogP contribution in [0, 0.1) is 12.8 Å². The molecular weight excluding hydrogens is 383 g/mol. The average Bonchev–Trinajstić information content (AvgIpc) is 2.48. The summed E-state index contributed by atoms with van der Waals surface area (Å²) in [4.78, 5) is 35.1. The van der Waals surface area contributed by atoms with Gasteiger partial charge in [-0.2, -0.15) is 0 Å². The highest BCUT2D eigenvalue weighted by Gasteiger charge is 2.27. The third-order valence-electron chi connectivity index (χ3n) is 3.39. The maximum Gasteiger partial charge on any atom is 0.334 e. The molecule has 1 aromatic carbocycles. The minimum atomic E-state index is -1.24. The zero-order chi connectivity index (χ0) is 19.1. The molecule has 0 bridgehead atoms. The lowest BCUT2D eigenvalue weighted by Crippen LogP contribution is -2.50. The van der Waals surface area contributed by atoms with Crippen molar-refractivity contribution < 1.29 is 24.2 Å². The molecule has 0 radical (unpaired) electrons. The number of aliphatic carboxylic acids is 1.